The van der Waals surface area contributed by atoms with Crippen molar-refractivity contribution in [2.75, 3.05) is 7.11 Å². The number of imidazole rings is 1. The molecule has 6 nitrogen and oxygen atoms in total. The molecule has 0 fully saturated rings. The van der Waals surface area contributed by atoms with E-state index in [2.05, 4.69) is 20.9 Å². The van der Waals surface area contributed by atoms with Gasteiger partial charge in [-0.3, -0.25) is 0 Å². The van der Waals surface area contributed by atoms with Gasteiger partial charge in [-0.2, -0.15) is 0 Å². The molecular formula is C11H12BrN3O3S. The number of ether oxygens (including phenoxy) is 1. The van der Waals surface area contributed by atoms with Crippen molar-refractivity contribution in [1.82, 2.24) is 9.55 Å². The van der Waals surface area contributed by atoms with E-state index >= 15 is 0 Å². The summed E-state index contributed by atoms with van der Waals surface area (Å²) < 4.78 is 30.1. The fourth-order valence-corrected chi connectivity index (χ4v) is 2.53. The molecule has 0 amide bonds. The van der Waals surface area contributed by atoms with Crippen LogP contribution in [0.4, 0.5) is 0 Å². The van der Waals surface area contributed by atoms with E-state index in [0.29, 0.717) is 12.3 Å². The molecule has 0 aliphatic rings. The molecule has 0 unspecified atom stereocenters. The molecule has 2 aromatic rings. The molecule has 0 saturated heterocycles. The SMILES string of the molecule is COc1ccc(Br)cc1Cn1cnc(S(N)(=O)=O)c1. The first-order chi connectivity index (χ1) is 8.90. The van der Waals surface area contributed by atoms with Gasteiger partial charge in [0.05, 0.1) is 20.0 Å². The molecule has 19 heavy (non-hydrogen) atoms. The fourth-order valence-electron chi connectivity index (χ4n) is 1.64. The Labute approximate surface area is 119 Å². The zero-order valence-electron chi connectivity index (χ0n) is 10.1. The minimum Gasteiger partial charge on any atom is -0.496 e. The van der Waals surface area contributed by atoms with E-state index in [1.54, 1.807) is 11.7 Å². The Morgan fingerprint density at radius 1 is 1.47 bits per heavy atom. The number of methoxy groups -OCH3 is 1. The monoisotopic (exact) mass is 345 g/mol. The molecule has 0 aliphatic heterocycles. The summed E-state index contributed by atoms with van der Waals surface area (Å²) in [6.07, 6.45) is 2.80. The lowest BCUT2D eigenvalue weighted by Crippen LogP contribution is -2.12. The average molecular weight is 346 g/mol. The minimum absolute atomic E-state index is 0.151. The van der Waals surface area contributed by atoms with E-state index in [4.69, 9.17) is 9.88 Å². The second-order valence-electron chi connectivity index (χ2n) is 3.89. The van der Waals surface area contributed by atoms with Gasteiger partial charge in [0.2, 0.25) is 0 Å². The fraction of sp³-hybridized carbons (Fsp3) is 0.182. The molecule has 102 valence electrons. The highest BCUT2D eigenvalue weighted by Gasteiger charge is 2.12. The topological polar surface area (TPSA) is 87.2 Å². The number of sulfonamides is 1. The van der Waals surface area contributed by atoms with Crippen LogP contribution in [-0.2, 0) is 16.6 Å². The second-order valence-corrected chi connectivity index (χ2v) is 6.31. The van der Waals surface area contributed by atoms with Gasteiger partial charge in [-0.05, 0) is 18.2 Å². The highest BCUT2D eigenvalue weighted by atomic mass is 79.9. The molecule has 2 rings (SSSR count). The van der Waals surface area contributed by atoms with Gasteiger partial charge >= 0.3 is 0 Å². The molecule has 0 radical (unpaired) electrons. The van der Waals surface area contributed by atoms with Crippen molar-refractivity contribution in [2.24, 2.45) is 5.14 Å². The van der Waals surface area contributed by atoms with E-state index in [1.165, 1.54) is 12.5 Å². The van der Waals surface area contributed by atoms with Gasteiger partial charge in [-0.15, -0.1) is 0 Å². The zero-order valence-corrected chi connectivity index (χ0v) is 12.5. The Bertz CT molecular complexity index is 697. The van der Waals surface area contributed by atoms with Gasteiger partial charge in [-0.25, -0.2) is 18.5 Å². The number of benzene rings is 1. The summed E-state index contributed by atoms with van der Waals surface area (Å²) in [4.78, 5) is 3.76. The van der Waals surface area contributed by atoms with Crippen molar-refractivity contribution in [2.45, 2.75) is 11.6 Å². The highest BCUT2D eigenvalue weighted by Crippen LogP contribution is 2.24. The van der Waals surface area contributed by atoms with Crippen molar-refractivity contribution in [3.63, 3.8) is 0 Å². The zero-order chi connectivity index (χ0) is 14.0. The summed E-state index contributed by atoms with van der Waals surface area (Å²) in [6.45, 7) is 0.436. The van der Waals surface area contributed by atoms with Gasteiger partial charge in [0, 0.05) is 16.2 Å². The number of halogens is 1. The number of rotatable bonds is 4. The lowest BCUT2D eigenvalue weighted by Gasteiger charge is -2.09. The lowest BCUT2D eigenvalue weighted by atomic mass is 10.2. The van der Waals surface area contributed by atoms with Crippen molar-refractivity contribution in [3.05, 3.63) is 40.8 Å². The summed E-state index contributed by atoms with van der Waals surface area (Å²) in [5.41, 5.74) is 0.898. The van der Waals surface area contributed by atoms with E-state index in [-0.39, 0.29) is 5.03 Å². The van der Waals surface area contributed by atoms with Gasteiger partial charge in [-0.1, -0.05) is 15.9 Å². The van der Waals surface area contributed by atoms with Crippen LogP contribution in [0.15, 0.2) is 40.2 Å². The quantitative estimate of drug-likeness (QED) is 0.905. The Kier molecular flexibility index (Phi) is 3.93. The molecule has 0 aliphatic carbocycles. The Morgan fingerprint density at radius 2 is 2.21 bits per heavy atom. The molecule has 0 saturated carbocycles. The average Bonchev–Trinajstić information content (AvgIpc) is 2.77. The molecule has 1 aromatic heterocycles. The minimum atomic E-state index is -3.77. The van der Waals surface area contributed by atoms with E-state index in [0.717, 1.165) is 10.0 Å². The molecular weight excluding hydrogens is 334 g/mol. The van der Waals surface area contributed by atoms with Crippen molar-refractivity contribution in [1.29, 1.82) is 0 Å². The number of nitrogens with zero attached hydrogens (tertiary/aromatic N) is 2. The maximum atomic E-state index is 11.1. The summed E-state index contributed by atoms with van der Waals surface area (Å²) >= 11 is 3.38. The summed E-state index contributed by atoms with van der Waals surface area (Å²) in [5, 5.41) is 4.86. The summed E-state index contributed by atoms with van der Waals surface area (Å²) in [7, 11) is -2.19. The summed E-state index contributed by atoms with van der Waals surface area (Å²) in [6, 6.07) is 5.60. The third-order valence-corrected chi connectivity index (χ3v) is 3.78. The molecule has 0 spiro atoms. The van der Waals surface area contributed by atoms with Gasteiger partial charge in [0.25, 0.3) is 10.0 Å². The molecule has 8 heteroatoms. The first-order valence-electron chi connectivity index (χ1n) is 5.27. The first kappa shape index (κ1) is 14.0. The van der Waals surface area contributed by atoms with Gasteiger partial charge in [0.1, 0.15) is 5.75 Å². The molecule has 1 heterocycles. The molecule has 0 bridgehead atoms. The maximum Gasteiger partial charge on any atom is 0.257 e. The summed E-state index contributed by atoms with van der Waals surface area (Å²) in [5.74, 6) is 0.717. The van der Waals surface area contributed by atoms with Crippen LogP contribution in [0.25, 0.3) is 0 Å². The third-order valence-electron chi connectivity index (χ3n) is 2.50. The van der Waals surface area contributed by atoms with Crippen LogP contribution in [0.1, 0.15) is 5.56 Å². The van der Waals surface area contributed by atoms with Crippen LogP contribution in [-0.4, -0.2) is 25.1 Å². The molecule has 2 N–H and O–H groups in total. The van der Waals surface area contributed by atoms with E-state index in [1.807, 2.05) is 18.2 Å². The Hall–Kier alpha value is -1.38. The number of aromatic nitrogens is 2. The van der Waals surface area contributed by atoms with Gasteiger partial charge < -0.3 is 9.30 Å². The lowest BCUT2D eigenvalue weighted by molar-refractivity contribution is 0.408. The molecule has 1 aromatic carbocycles. The van der Waals surface area contributed by atoms with Crippen molar-refractivity contribution >= 4 is 26.0 Å². The number of nitrogens with two attached hydrogens (primary N) is 1. The highest BCUT2D eigenvalue weighted by molar-refractivity contribution is 9.10. The number of primary sulfonamides is 1. The first-order valence-corrected chi connectivity index (χ1v) is 7.61. The van der Waals surface area contributed by atoms with Crippen LogP contribution < -0.4 is 9.88 Å². The Balaban J connectivity index is 2.31. The van der Waals surface area contributed by atoms with Crippen LogP contribution in [0.3, 0.4) is 0 Å². The van der Waals surface area contributed by atoms with Crippen LogP contribution in [0, 0.1) is 0 Å². The van der Waals surface area contributed by atoms with Crippen LogP contribution in [0.2, 0.25) is 0 Å². The van der Waals surface area contributed by atoms with Crippen LogP contribution in [0.5, 0.6) is 5.75 Å². The predicted octanol–water partition coefficient (Wildman–Crippen LogP) is 1.35. The normalized spacial score (nSPS) is 11.5. The maximum absolute atomic E-state index is 11.1. The van der Waals surface area contributed by atoms with Crippen LogP contribution >= 0.6 is 15.9 Å². The predicted molar refractivity (Wildman–Crippen MR) is 73.4 cm³/mol. The van der Waals surface area contributed by atoms with Crippen molar-refractivity contribution in [3.8, 4) is 5.75 Å². The van der Waals surface area contributed by atoms with Crippen molar-refractivity contribution < 1.29 is 13.2 Å². The smallest absolute Gasteiger partial charge is 0.257 e. The second kappa shape index (κ2) is 5.32. The molecule has 0 atom stereocenters. The number of hydrogen-bond donors (Lipinski definition) is 1. The Morgan fingerprint density at radius 3 is 2.79 bits per heavy atom. The third kappa shape index (κ3) is 3.34. The number of hydrogen-bond acceptors (Lipinski definition) is 4. The van der Waals surface area contributed by atoms with Gasteiger partial charge in [0.15, 0.2) is 5.03 Å². The van der Waals surface area contributed by atoms with E-state index < -0.39 is 10.0 Å². The van der Waals surface area contributed by atoms with E-state index in [9.17, 15) is 8.42 Å². The largest absolute Gasteiger partial charge is 0.496 e. The standard InChI is InChI=1S/C11H12BrN3O3S/c1-18-10-3-2-9(12)4-8(10)5-15-6-11(14-7-15)19(13,16)17/h2-4,6-7H,5H2,1H3,(H2,13,16,17).